The molecule has 0 aliphatic rings. The second kappa shape index (κ2) is 16.0. The van der Waals surface area contributed by atoms with Crippen molar-refractivity contribution in [3.8, 4) is 33.4 Å². The fourth-order valence-electron chi connectivity index (χ4n) is 7.42. The second-order valence-corrected chi connectivity index (χ2v) is 14.2. The Hall–Kier alpha value is -6.50. The van der Waals surface area contributed by atoms with Crippen LogP contribution in [0.4, 0.5) is 0 Å². The molecule has 260 valence electrons. The highest BCUT2D eigenvalue weighted by Crippen LogP contribution is 2.38. The Labute approximate surface area is 320 Å². The number of benzene rings is 8. The van der Waals surface area contributed by atoms with Gasteiger partial charge in [-0.05, 0) is 109 Å². The summed E-state index contributed by atoms with van der Waals surface area (Å²) in [4.78, 5) is 0. The molecule has 0 nitrogen and oxygen atoms in total. The molecule has 0 heterocycles. The largest absolute Gasteiger partial charge is 0.0722 e. The number of rotatable bonds is 10. The fourth-order valence-corrected chi connectivity index (χ4v) is 7.42. The van der Waals surface area contributed by atoms with Gasteiger partial charge in [-0.3, -0.25) is 0 Å². The van der Waals surface area contributed by atoms with Gasteiger partial charge in [0.2, 0.25) is 0 Å². The Bertz CT molecular complexity index is 2520. The molecule has 0 fully saturated rings. The van der Waals surface area contributed by atoms with Crippen LogP contribution >= 0.6 is 0 Å². The molecule has 0 aliphatic heterocycles. The minimum atomic E-state index is 0.356. The number of allylic oxidation sites excluding steroid dienone is 4. The van der Waals surface area contributed by atoms with Crippen LogP contribution in [0.1, 0.15) is 47.6 Å². The topological polar surface area (TPSA) is 0 Å². The predicted molar refractivity (Wildman–Crippen MR) is 232 cm³/mol. The summed E-state index contributed by atoms with van der Waals surface area (Å²) < 4.78 is 0. The summed E-state index contributed by atoms with van der Waals surface area (Å²) in [7, 11) is 0. The van der Waals surface area contributed by atoms with Crippen LogP contribution in [0.15, 0.2) is 212 Å². The van der Waals surface area contributed by atoms with Crippen molar-refractivity contribution in [2.45, 2.75) is 26.2 Å². The summed E-state index contributed by atoms with van der Waals surface area (Å²) >= 11 is 0. The molecular weight excluding hydrogens is 649 g/mol. The van der Waals surface area contributed by atoms with Crippen molar-refractivity contribution in [1.82, 2.24) is 0 Å². The third-order valence-electron chi connectivity index (χ3n) is 10.7. The van der Waals surface area contributed by atoms with Crippen LogP contribution in [0.2, 0.25) is 0 Å². The lowest BCUT2D eigenvalue weighted by molar-refractivity contribution is 0.923. The monoisotopic (exact) mass is 692 g/mol. The van der Waals surface area contributed by atoms with Gasteiger partial charge in [0.15, 0.2) is 0 Å². The first-order chi connectivity index (χ1) is 26.6. The van der Waals surface area contributed by atoms with E-state index in [0.29, 0.717) is 5.92 Å². The highest BCUT2D eigenvalue weighted by Gasteiger charge is 2.13. The van der Waals surface area contributed by atoms with E-state index in [1.54, 1.807) is 0 Å². The molecule has 8 aromatic carbocycles. The normalized spacial score (nSPS) is 12.5. The van der Waals surface area contributed by atoms with Gasteiger partial charge < -0.3 is 0 Å². The van der Waals surface area contributed by atoms with Crippen molar-refractivity contribution in [3.63, 3.8) is 0 Å². The first-order valence-electron chi connectivity index (χ1n) is 19.0. The van der Waals surface area contributed by atoms with E-state index in [2.05, 4.69) is 226 Å². The van der Waals surface area contributed by atoms with Crippen molar-refractivity contribution in [3.05, 3.63) is 240 Å². The van der Waals surface area contributed by atoms with E-state index in [4.69, 9.17) is 0 Å². The molecule has 0 spiro atoms. The van der Waals surface area contributed by atoms with E-state index in [9.17, 15) is 0 Å². The molecule has 0 saturated carbocycles. The Morgan fingerprint density at radius 1 is 0.444 bits per heavy atom. The van der Waals surface area contributed by atoms with Crippen molar-refractivity contribution < 1.29 is 0 Å². The Morgan fingerprint density at radius 2 is 0.889 bits per heavy atom. The third kappa shape index (κ3) is 7.80. The molecule has 0 radical (unpaired) electrons. The van der Waals surface area contributed by atoms with Gasteiger partial charge in [-0.25, -0.2) is 0 Å². The molecule has 8 aromatic rings. The van der Waals surface area contributed by atoms with Crippen molar-refractivity contribution >= 4 is 21.9 Å². The average molecular weight is 693 g/mol. The van der Waals surface area contributed by atoms with Gasteiger partial charge in [-0.1, -0.05) is 207 Å². The van der Waals surface area contributed by atoms with E-state index < -0.39 is 0 Å². The quantitative estimate of drug-likeness (QED) is 0.125. The SMILES string of the molecule is C/C(=C\C(=C/Cc1ccccc1)c1ccc(-c2cc3ccccc3cc2-c2ccc(-c3ccc(C(C)c4ccccc4)cc3)cc2)cc1)c1ccccc1. The van der Waals surface area contributed by atoms with Crippen LogP contribution in [0.5, 0.6) is 0 Å². The summed E-state index contributed by atoms with van der Waals surface area (Å²) in [5, 5.41) is 2.49. The van der Waals surface area contributed by atoms with E-state index >= 15 is 0 Å². The first-order valence-corrected chi connectivity index (χ1v) is 19.0. The maximum atomic E-state index is 2.36. The zero-order chi connectivity index (χ0) is 36.7. The van der Waals surface area contributed by atoms with E-state index in [1.807, 2.05) is 0 Å². The van der Waals surface area contributed by atoms with E-state index in [0.717, 1.165) is 6.42 Å². The molecule has 0 N–H and O–H groups in total. The van der Waals surface area contributed by atoms with Gasteiger partial charge in [0.1, 0.15) is 0 Å². The standard InChI is InChI=1S/C54H44/c1-39(42-16-8-4-9-17-42)36-52(23-22-41-14-6-3-7-15-41)47-30-34-49(35-31-47)54-38-51-21-13-12-20-50(51)37-53(54)48-32-28-46(29-33-48)45-26-24-44(25-27-45)40(2)43-18-10-5-11-19-43/h3-21,23-38,40H,22H2,1-2H3/b39-36+,52-23+. The molecule has 0 amide bonds. The molecule has 54 heavy (non-hydrogen) atoms. The minimum absolute atomic E-state index is 0.356. The predicted octanol–water partition coefficient (Wildman–Crippen LogP) is 14.7. The molecule has 0 heteroatoms. The van der Waals surface area contributed by atoms with Gasteiger partial charge in [0, 0.05) is 5.92 Å². The minimum Gasteiger partial charge on any atom is -0.0722 e. The van der Waals surface area contributed by atoms with Gasteiger partial charge in [-0.2, -0.15) is 0 Å². The average Bonchev–Trinajstić information content (AvgIpc) is 3.25. The van der Waals surface area contributed by atoms with Crippen molar-refractivity contribution in [2.75, 3.05) is 0 Å². The smallest absolute Gasteiger partial charge is 0.00610 e. The molecule has 1 atom stereocenters. The van der Waals surface area contributed by atoms with Crippen LogP contribution in [0, 0.1) is 0 Å². The maximum Gasteiger partial charge on any atom is 0.00610 e. The Kier molecular flexibility index (Phi) is 10.3. The fraction of sp³-hybridized carbons (Fsp3) is 0.0741. The van der Waals surface area contributed by atoms with Crippen LogP contribution in [-0.2, 0) is 6.42 Å². The molecule has 0 saturated heterocycles. The van der Waals surface area contributed by atoms with Crippen LogP contribution in [0.25, 0.3) is 55.3 Å². The lowest BCUT2D eigenvalue weighted by Crippen LogP contribution is -1.95. The number of hydrogen-bond acceptors (Lipinski definition) is 0. The summed E-state index contributed by atoms with van der Waals surface area (Å²) in [5.41, 5.74) is 16.2. The van der Waals surface area contributed by atoms with Gasteiger partial charge in [-0.15, -0.1) is 0 Å². The van der Waals surface area contributed by atoms with Crippen molar-refractivity contribution in [2.24, 2.45) is 0 Å². The molecular formula is C54H44. The summed E-state index contributed by atoms with van der Waals surface area (Å²) in [6.45, 7) is 4.48. The Morgan fingerprint density at radius 3 is 1.46 bits per heavy atom. The summed E-state index contributed by atoms with van der Waals surface area (Å²) in [6, 6.07) is 72.7. The van der Waals surface area contributed by atoms with Gasteiger partial charge >= 0.3 is 0 Å². The molecule has 0 aliphatic carbocycles. The highest BCUT2D eigenvalue weighted by molar-refractivity contribution is 5.97. The van der Waals surface area contributed by atoms with Crippen LogP contribution < -0.4 is 0 Å². The van der Waals surface area contributed by atoms with E-state index in [-0.39, 0.29) is 0 Å². The zero-order valence-electron chi connectivity index (χ0n) is 31.0. The highest BCUT2D eigenvalue weighted by atomic mass is 14.2. The molecule has 0 aromatic heterocycles. The summed E-state index contributed by atoms with van der Waals surface area (Å²) in [5.74, 6) is 0.356. The lowest BCUT2D eigenvalue weighted by Gasteiger charge is -2.15. The number of fused-ring (bicyclic) bond motifs is 1. The zero-order valence-corrected chi connectivity index (χ0v) is 31.0. The maximum absolute atomic E-state index is 2.36. The summed E-state index contributed by atoms with van der Waals surface area (Å²) in [6.07, 6.45) is 5.56. The van der Waals surface area contributed by atoms with Gasteiger partial charge in [0.05, 0.1) is 0 Å². The number of hydrogen-bond donors (Lipinski definition) is 0. The first kappa shape index (κ1) is 34.6. The molecule has 1 unspecified atom stereocenters. The Balaban J connectivity index is 1.11. The lowest BCUT2D eigenvalue weighted by atomic mass is 9.89. The van der Waals surface area contributed by atoms with Crippen LogP contribution in [-0.4, -0.2) is 0 Å². The van der Waals surface area contributed by atoms with E-state index in [1.165, 1.54) is 83.1 Å². The molecule has 0 bridgehead atoms. The third-order valence-corrected chi connectivity index (χ3v) is 10.7. The molecule has 8 rings (SSSR count). The van der Waals surface area contributed by atoms with Crippen LogP contribution in [0.3, 0.4) is 0 Å². The van der Waals surface area contributed by atoms with Gasteiger partial charge in [0.25, 0.3) is 0 Å². The van der Waals surface area contributed by atoms with Crippen molar-refractivity contribution in [1.29, 1.82) is 0 Å². The second-order valence-electron chi connectivity index (χ2n) is 14.2.